The maximum Gasteiger partial charge on any atom is 0.222 e. The summed E-state index contributed by atoms with van der Waals surface area (Å²) in [5, 5.41) is 4.39. The first-order valence-electron chi connectivity index (χ1n) is 6.11. The molecule has 1 aromatic heterocycles. The molecule has 1 saturated heterocycles. The highest BCUT2D eigenvalue weighted by Crippen LogP contribution is 2.29. The van der Waals surface area contributed by atoms with Gasteiger partial charge in [-0.15, -0.1) is 0 Å². The van der Waals surface area contributed by atoms with E-state index in [9.17, 15) is 4.79 Å². The molecule has 0 atom stereocenters. The van der Waals surface area contributed by atoms with Crippen molar-refractivity contribution in [1.82, 2.24) is 4.90 Å². The third-order valence-electron chi connectivity index (χ3n) is 3.33. The summed E-state index contributed by atoms with van der Waals surface area (Å²) in [5.74, 6) is 1.02. The molecule has 0 aliphatic carbocycles. The summed E-state index contributed by atoms with van der Waals surface area (Å²) in [6.45, 7) is 3.95. The van der Waals surface area contributed by atoms with Crippen LogP contribution in [0.15, 0.2) is 16.8 Å². The molecule has 0 spiro atoms. The highest BCUT2D eigenvalue weighted by Gasteiger charge is 2.23. The number of hydrogen-bond donors (Lipinski definition) is 0. The summed E-state index contributed by atoms with van der Waals surface area (Å²) in [6, 6.07) is 2.22. The van der Waals surface area contributed by atoms with E-state index < -0.39 is 0 Å². The highest BCUT2D eigenvalue weighted by atomic mass is 32.1. The lowest BCUT2D eigenvalue weighted by Gasteiger charge is -2.31. The highest BCUT2D eigenvalue weighted by molar-refractivity contribution is 7.07. The topological polar surface area (TPSA) is 20.3 Å². The van der Waals surface area contributed by atoms with Gasteiger partial charge in [-0.3, -0.25) is 4.79 Å². The molecule has 88 valence electrons. The number of amides is 1. The van der Waals surface area contributed by atoms with Gasteiger partial charge in [-0.1, -0.05) is 6.92 Å². The van der Waals surface area contributed by atoms with E-state index in [1.165, 1.54) is 5.56 Å². The minimum atomic E-state index is 0.339. The molecule has 0 unspecified atom stereocenters. The second-order valence-corrected chi connectivity index (χ2v) is 5.24. The van der Waals surface area contributed by atoms with Crippen molar-refractivity contribution in [3.05, 3.63) is 22.4 Å². The first-order chi connectivity index (χ1) is 7.81. The summed E-state index contributed by atoms with van der Waals surface area (Å²) in [7, 11) is 0. The minimum absolute atomic E-state index is 0.339. The van der Waals surface area contributed by atoms with E-state index in [4.69, 9.17) is 0 Å². The van der Waals surface area contributed by atoms with Crippen LogP contribution >= 0.6 is 11.3 Å². The number of carbonyl (C=O) groups excluding carboxylic acids is 1. The van der Waals surface area contributed by atoms with Gasteiger partial charge in [-0.25, -0.2) is 0 Å². The molecule has 0 aromatic carbocycles. The third-order valence-corrected chi connectivity index (χ3v) is 4.03. The average molecular weight is 237 g/mol. The van der Waals surface area contributed by atoms with Gasteiger partial charge in [0.05, 0.1) is 0 Å². The van der Waals surface area contributed by atoms with Crippen LogP contribution < -0.4 is 0 Å². The van der Waals surface area contributed by atoms with Crippen LogP contribution in [0.25, 0.3) is 0 Å². The molecule has 1 aromatic rings. The first kappa shape index (κ1) is 11.6. The van der Waals surface area contributed by atoms with Gasteiger partial charge in [-0.2, -0.15) is 11.3 Å². The quantitative estimate of drug-likeness (QED) is 0.790. The van der Waals surface area contributed by atoms with Crippen molar-refractivity contribution in [3.8, 4) is 0 Å². The minimum Gasteiger partial charge on any atom is -0.343 e. The first-order valence-corrected chi connectivity index (χ1v) is 7.05. The Morgan fingerprint density at radius 3 is 2.81 bits per heavy atom. The van der Waals surface area contributed by atoms with Crippen LogP contribution in [0.3, 0.4) is 0 Å². The second-order valence-electron chi connectivity index (χ2n) is 4.46. The Balaban J connectivity index is 1.85. The van der Waals surface area contributed by atoms with Gasteiger partial charge in [0.25, 0.3) is 0 Å². The van der Waals surface area contributed by atoms with Crippen LogP contribution in [-0.4, -0.2) is 23.9 Å². The predicted molar refractivity (Wildman–Crippen MR) is 67.8 cm³/mol. The third kappa shape index (κ3) is 2.64. The SMILES string of the molecule is CCCC(=O)N1CCC(c2ccsc2)CC1. The van der Waals surface area contributed by atoms with E-state index >= 15 is 0 Å². The van der Waals surface area contributed by atoms with Crippen LogP contribution in [0.4, 0.5) is 0 Å². The smallest absolute Gasteiger partial charge is 0.222 e. The number of thiophene rings is 1. The van der Waals surface area contributed by atoms with Crippen LogP contribution in [-0.2, 0) is 4.79 Å². The number of piperidine rings is 1. The Morgan fingerprint density at radius 2 is 2.25 bits per heavy atom. The van der Waals surface area contributed by atoms with Crippen molar-refractivity contribution in [1.29, 1.82) is 0 Å². The molecule has 3 heteroatoms. The maximum absolute atomic E-state index is 11.7. The molecule has 2 rings (SSSR count). The fraction of sp³-hybridized carbons (Fsp3) is 0.615. The van der Waals surface area contributed by atoms with E-state index in [0.29, 0.717) is 18.2 Å². The average Bonchev–Trinajstić information content (AvgIpc) is 2.83. The molecule has 1 aliphatic heterocycles. The molecule has 1 fully saturated rings. The van der Waals surface area contributed by atoms with Crippen LogP contribution in [0, 0.1) is 0 Å². The monoisotopic (exact) mass is 237 g/mol. The Kier molecular flexibility index (Phi) is 3.99. The van der Waals surface area contributed by atoms with Crippen molar-refractivity contribution in [2.45, 2.75) is 38.5 Å². The Morgan fingerprint density at radius 1 is 1.50 bits per heavy atom. The van der Waals surface area contributed by atoms with Gasteiger partial charge in [0.2, 0.25) is 5.91 Å². The van der Waals surface area contributed by atoms with Crippen molar-refractivity contribution in [2.24, 2.45) is 0 Å². The van der Waals surface area contributed by atoms with Gasteiger partial charge in [0.1, 0.15) is 0 Å². The van der Waals surface area contributed by atoms with Gasteiger partial charge >= 0.3 is 0 Å². The lowest BCUT2D eigenvalue weighted by molar-refractivity contribution is -0.132. The fourth-order valence-electron chi connectivity index (χ4n) is 2.34. The maximum atomic E-state index is 11.7. The molecule has 1 amide bonds. The molecular formula is C13H19NOS. The normalized spacial score (nSPS) is 17.7. The van der Waals surface area contributed by atoms with E-state index in [1.54, 1.807) is 11.3 Å². The molecule has 2 nitrogen and oxygen atoms in total. The molecule has 0 N–H and O–H groups in total. The van der Waals surface area contributed by atoms with Crippen molar-refractivity contribution in [3.63, 3.8) is 0 Å². The largest absolute Gasteiger partial charge is 0.343 e. The van der Waals surface area contributed by atoms with E-state index in [1.807, 2.05) is 4.90 Å². The van der Waals surface area contributed by atoms with Crippen LogP contribution in [0.1, 0.15) is 44.1 Å². The van der Waals surface area contributed by atoms with Crippen LogP contribution in [0.2, 0.25) is 0 Å². The van der Waals surface area contributed by atoms with Crippen molar-refractivity contribution < 1.29 is 4.79 Å². The molecule has 16 heavy (non-hydrogen) atoms. The number of likely N-dealkylation sites (tertiary alicyclic amines) is 1. The predicted octanol–water partition coefficient (Wildman–Crippen LogP) is 3.25. The number of rotatable bonds is 3. The summed E-state index contributed by atoms with van der Waals surface area (Å²) >= 11 is 1.77. The second kappa shape index (κ2) is 5.48. The number of nitrogens with zero attached hydrogens (tertiary/aromatic N) is 1. The summed E-state index contributed by atoms with van der Waals surface area (Å²) < 4.78 is 0. The summed E-state index contributed by atoms with van der Waals surface area (Å²) in [6.07, 6.45) is 3.94. The van der Waals surface area contributed by atoms with Gasteiger partial charge < -0.3 is 4.90 Å². The molecular weight excluding hydrogens is 218 g/mol. The molecule has 0 radical (unpaired) electrons. The Labute approximate surface area is 101 Å². The van der Waals surface area contributed by atoms with Crippen LogP contribution in [0.5, 0.6) is 0 Å². The molecule has 0 bridgehead atoms. The summed E-state index contributed by atoms with van der Waals surface area (Å²) in [4.78, 5) is 13.8. The zero-order valence-electron chi connectivity index (χ0n) is 9.82. The fourth-order valence-corrected chi connectivity index (χ4v) is 3.08. The number of hydrogen-bond acceptors (Lipinski definition) is 2. The van der Waals surface area contributed by atoms with E-state index in [2.05, 4.69) is 23.8 Å². The van der Waals surface area contributed by atoms with E-state index in [-0.39, 0.29) is 0 Å². The van der Waals surface area contributed by atoms with Crippen molar-refractivity contribution >= 4 is 17.2 Å². The summed E-state index contributed by atoms with van der Waals surface area (Å²) in [5.41, 5.74) is 1.47. The lowest BCUT2D eigenvalue weighted by Crippen LogP contribution is -2.37. The molecule has 0 saturated carbocycles. The number of carbonyl (C=O) groups is 1. The Hall–Kier alpha value is -0.830. The van der Waals surface area contributed by atoms with Gasteiger partial charge in [0, 0.05) is 19.5 Å². The van der Waals surface area contributed by atoms with Gasteiger partial charge in [-0.05, 0) is 47.6 Å². The molecule has 2 heterocycles. The van der Waals surface area contributed by atoms with Gasteiger partial charge in [0.15, 0.2) is 0 Å². The Bertz CT molecular complexity index is 326. The zero-order chi connectivity index (χ0) is 11.4. The molecule has 1 aliphatic rings. The van der Waals surface area contributed by atoms with E-state index in [0.717, 1.165) is 32.4 Å². The zero-order valence-corrected chi connectivity index (χ0v) is 10.6. The standard InChI is InChI=1S/C13H19NOS/c1-2-3-13(15)14-7-4-11(5-8-14)12-6-9-16-10-12/h6,9-11H,2-5,7-8H2,1H3. The van der Waals surface area contributed by atoms with Crippen molar-refractivity contribution in [2.75, 3.05) is 13.1 Å². The lowest BCUT2D eigenvalue weighted by atomic mass is 9.91.